The number of carboxylic acid groups (broad SMARTS) is 1. The topological polar surface area (TPSA) is 110 Å². The van der Waals surface area contributed by atoms with Gasteiger partial charge in [0.1, 0.15) is 6.54 Å². The van der Waals surface area contributed by atoms with Crippen LogP contribution in [0.2, 0.25) is 0 Å². The van der Waals surface area contributed by atoms with Gasteiger partial charge in [-0.1, -0.05) is 6.07 Å². The highest BCUT2D eigenvalue weighted by Gasteiger charge is 2.13. The van der Waals surface area contributed by atoms with Gasteiger partial charge in [0.05, 0.1) is 5.39 Å². The van der Waals surface area contributed by atoms with Crippen molar-refractivity contribution < 1.29 is 19.4 Å². The van der Waals surface area contributed by atoms with Crippen LogP contribution < -0.4 is 11.3 Å². The molecule has 0 radical (unpaired) electrons. The van der Waals surface area contributed by atoms with E-state index in [9.17, 15) is 19.5 Å². The minimum Gasteiger partial charge on any atom is -0.504 e. The maximum absolute atomic E-state index is 11.8. The van der Waals surface area contributed by atoms with Crippen LogP contribution in [-0.4, -0.2) is 20.7 Å². The lowest BCUT2D eigenvalue weighted by Crippen LogP contribution is -2.35. The van der Waals surface area contributed by atoms with Crippen molar-refractivity contribution in [2.45, 2.75) is 6.54 Å². The molecule has 0 fully saturated rings. The molecule has 2 aromatic rings. The number of hydrogen-bond acceptors (Lipinski definition) is 5. The van der Waals surface area contributed by atoms with Crippen LogP contribution in [0.5, 0.6) is 5.75 Å². The second-order valence-corrected chi connectivity index (χ2v) is 3.31. The van der Waals surface area contributed by atoms with Crippen molar-refractivity contribution in [2.75, 3.05) is 0 Å². The van der Waals surface area contributed by atoms with Crippen LogP contribution >= 0.6 is 0 Å². The van der Waals surface area contributed by atoms with Crippen molar-refractivity contribution >= 4 is 16.9 Å². The molecule has 7 nitrogen and oxygen atoms in total. The molecule has 0 amide bonds. The molecule has 0 saturated carbocycles. The number of phenolic OH excluding ortho intramolecular Hbond substituents is 1. The molecular formula is C10H7NO6. The highest BCUT2D eigenvalue weighted by atomic mass is 16.4. The monoisotopic (exact) mass is 237 g/mol. The number of para-hydroxylation sites is 1. The Balaban J connectivity index is 2.86. The Hall–Kier alpha value is -2.57. The SMILES string of the molecule is O=C(O)Cn1c(=O)oc2c(O)cccc2c1=O. The number of carboxylic acids is 1. The zero-order valence-corrected chi connectivity index (χ0v) is 8.41. The molecule has 0 bridgehead atoms. The fraction of sp³-hybridized carbons (Fsp3) is 0.100. The van der Waals surface area contributed by atoms with Gasteiger partial charge in [-0.3, -0.25) is 9.59 Å². The number of aliphatic carboxylic acids is 1. The van der Waals surface area contributed by atoms with Gasteiger partial charge in [-0.2, -0.15) is 0 Å². The zero-order chi connectivity index (χ0) is 12.6. The van der Waals surface area contributed by atoms with Crippen LogP contribution in [0.25, 0.3) is 11.0 Å². The number of aromatic nitrogens is 1. The largest absolute Gasteiger partial charge is 0.504 e. The number of nitrogens with zero attached hydrogens (tertiary/aromatic N) is 1. The summed E-state index contributed by atoms with van der Waals surface area (Å²) in [6.07, 6.45) is 0. The Morgan fingerprint density at radius 2 is 2.06 bits per heavy atom. The van der Waals surface area contributed by atoms with Gasteiger partial charge in [0.2, 0.25) is 0 Å². The van der Waals surface area contributed by atoms with Crippen molar-refractivity contribution in [2.24, 2.45) is 0 Å². The summed E-state index contributed by atoms with van der Waals surface area (Å²) in [6.45, 7) is -0.785. The lowest BCUT2D eigenvalue weighted by molar-refractivity contribution is -0.137. The second kappa shape index (κ2) is 3.78. The molecule has 0 aliphatic rings. The summed E-state index contributed by atoms with van der Waals surface area (Å²) < 4.78 is 5.15. The number of aromatic hydroxyl groups is 1. The summed E-state index contributed by atoms with van der Waals surface area (Å²) in [7, 11) is 0. The molecule has 0 saturated heterocycles. The molecule has 1 aromatic carbocycles. The van der Waals surface area contributed by atoms with E-state index in [1.807, 2.05) is 0 Å². The standard InChI is InChI=1S/C10H7NO6/c12-6-3-1-2-5-8(6)17-10(16)11(9(5)15)4-7(13)14/h1-3,12H,4H2,(H,13,14). The van der Waals surface area contributed by atoms with Crippen LogP contribution in [0.1, 0.15) is 0 Å². The van der Waals surface area contributed by atoms with E-state index < -0.39 is 23.8 Å². The smallest absolute Gasteiger partial charge is 0.422 e. The maximum atomic E-state index is 11.8. The van der Waals surface area contributed by atoms with Crippen molar-refractivity contribution in [3.63, 3.8) is 0 Å². The Labute approximate surface area is 93.2 Å². The van der Waals surface area contributed by atoms with Gasteiger partial charge in [0.25, 0.3) is 5.56 Å². The van der Waals surface area contributed by atoms with Gasteiger partial charge in [-0.15, -0.1) is 0 Å². The van der Waals surface area contributed by atoms with Crippen molar-refractivity contribution in [1.29, 1.82) is 0 Å². The quantitative estimate of drug-likeness (QED) is 0.744. The van der Waals surface area contributed by atoms with Crippen molar-refractivity contribution in [1.82, 2.24) is 4.57 Å². The number of carbonyl (C=O) groups is 1. The van der Waals surface area contributed by atoms with E-state index >= 15 is 0 Å². The molecule has 2 N–H and O–H groups in total. The Kier molecular flexibility index (Phi) is 2.43. The number of benzene rings is 1. The van der Waals surface area contributed by atoms with E-state index in [0.29, 0.717) is 4.57 Å². The highest BCUT2D eigenvalue weighted by molar-refractivity contribution is 5.81. The first kappa shape index (κ1) is 10.9. The summed E-state index contributed by atoms with van der Waals surface area (Å²) in [5.41, 5.74) is -1.06. The summed E-state index contributed by atoms with van der Waals surface area (Å²) in [6, 6.07) is 3.98. The van der Waals surface area contributed by atoms with Crippen molar-refractivity contribution in [3.05, 3.63) is 39.1 Å². The fourth-order valence-electron chi connectivity index (χ4n) is 1.44. The molecule has 7 heteroatoms. The Bertz CT molecular complexity index is 711. The van der Waals surface area contributed by atoms with E-state index in [1.54, 1.807) is 0 Å². The van der Waals surface area contributed by atoms with Crippen LogP contribution in [0.4, 0.5) is 0 Å². The summed E-state index contributed by atoms with van der Waals surface area (Å²) in [5, 5.41) is 17.9. The van der Waals surface area contributed by atoms with Gasteiger partial charge >= 0.3 is 11.7 Å². The first-order valence-corrected chi connectivity index (χ1v) is 4.58. The molecule has 0 spiro atoms. The minimum absolute atomic E-state index is 0.0501. The lowest BCUT2D eigenvalue weighted by Gasteiger charge is -2.02. The first-order chi connectivity index (χ1) is 8.00. The molecule has 2 rings (SSSR count). The molecule has 17 heavy (non-hydrogen) atoms. The first-order valence-electron chi connectivity index (χ1n) is 4.58. The minimum atomic E-state index is -1.33. The normalized spacial score (nSPS) is 10.6. The van der Waals surface area contributed by atoms with E-state index in [0.717, 1.165) is 0 Å². The van der Waals surface area contributed by atoms with Crippen LogP contribution in [-0.2, 0) is 11.3 Å². The molecule has 0 aliphatic heterocycles. The number of hydrogen-bond donors (Lipinski definition) is 2. The van der Waals surface area contributed by atoms with E-state index in [2.05, 4.69) is 0 Å². The third-order valence-electron chi connectivity index (χ3n) is 2.17. The molecule has 1 aromatic heterocycles. The average molecular weight is 237 g/mol. The van der Waals surface area contributed by atoms with Gasteiger partial charge in [-0.25, -0.2) is 9.36 Å². The van der Waals surface area contributed by atoms with E-state index in [1.165, 1.54) is 18.2 Å². The Morgan fingerprint density at radius 3 is 2.71 bits per heavy atom. The summed E-state index contributed by atoms with van der Waals surface area (Å²) >= 11 is 0. The second-order valence-electron chi connectivity index (χ2n) is 3.31. The molecule has 0 aliphatic carbocycles. The predicted molar refractivity (Wildman–Crippen MR) is 56.0 cm³/mol. The molecule has 0 unspecified atom stereocenters. The highest BCUT2D eigenvalue weighted by Crippen LogP contribution is 2.19. The summed E-state index contributed by atoms with van der Waals surface area (Å²) in [5.74, 6) is -2.80. The van der Waals surface area contributed by atoms with Gasteiger partial charge in [-0.05, 0) is 12.1 Å². The molecule has 0 atom stereocenters. The van der Waals surface area contributed by atoms with Crippen LogP contribution in [0.15, 0.2) is 32.2 Å². The zero-order valence-electron chi connectivity index (χ0n) is 8.41. The van der Waals surface area contributed by atoms with Gasteiger partial charge < -0.3 is 14.6 Å². The molecule has 88 valence electrons. The fourth-order valence-corrected chi connectivity index (χ4v) is 1.44. The number of phenols is 1. The van der Waals surface area contributed by atoms with Crippen LogP contribution in [0, 0.1) is 0 Å². The predicted octanol–water partition coefficient (Wildman–Crippen LogP) is -0.255. The van der Waals surface area contributed by atoms with E-state index in [4.69, 9.17) is 9.52 Å². The van der Waals surface area contributed by atoms with Crippen molar-refractivity contribution in [3.8, 4) is 5.75 Å². The third kappa shape index (κ3) is 1.78. The number of fused-ring (bicyclic) bond motifs is 1. The Morgan fingerprint density at radius 1 is 1.35 bits per heavy atom. The number of rotatable bonds is 2. The third-order valence-corrected chi connectivity index (χ3v) is 2.17. The van der Waals surface area contributed by atoms with Gasteiger partial charge in [0.15, 0.2) is 11.3 Å². The maximum Gasteiger partial charge on any atom is 0.422 e. The summed E-state index contributed by atoms with van der Waals surface area (Å²) in [4.78, 5) is 33.6. The van der Waals surface area contributed by atoms with Gasteiger partial charge in [0, 0.05) is 0 Å². The average Bonchev–Trinajstić information content (AvgIpc) is 2.26. The lowest BCUT2D eigenvalue weighted by atomic mass is 10.2. The molecule has 1 heterocycles. The van der Waals surface area contributed by atoms with E-state index in [-0.39, 0.29) is 16.7 Å². The van der Waals surface area contributed by atoms with Crippen LogP contribution in [0.3, 0.4) is 0 Å². The molecular weight excluding hydrogens is 230 g/mol.